The Morgan fingerprint density at radius 3 is 2.51 bits per heavy atom. The van der Waals surface area contributed by atoms with E-state index in [2.05, 4.69) is 32.1 Å². The molecule has 2 saturated carbocycles. The number of epoxide rings is 1. The van der Waals surface area contributed by atoms with E-state index in [1.807, 2.05) is 6.92 Å². The Morgan fingerprint density at radius 1 is 1.19 bits per heavy atom. The van der Waals surface area contributed by atoms with Gasteiger partial charge in [0.25, 0.3) is 5.91 Å². The Bertz CT molecular complexity index is 1280. The SMILES string of the molecule is CCNC(=O)[C@@H]1C=C2O[C@@]2(n2cnc3c(N)nc(C#CC(O)(C4CCCCC4)C4CCCCC4)nc32)O1. The zero-order valence-corrected chi connectivity index (χ0v) is 21.2. The Balaban J connectivity index is 1.33. The van der Waals surface area contributed by atoms with E-state index in [1.54, 1.807) is 10.6 Å². The summed E-state index contributed by atoms with van der Waals surface area (Å²) in [6.45, 7) is 2.35. The summed E-state index contributed by atoms with van der Waals surface area (Å²) in [6.07, 6.45) is 13.3. The molecule has 2 atom stereocenters. The largest absolute Gasteiger partial charge is 0.433 e. The van der Waals surface area contributed by atoms with Crippen LogP contribution in [0.3, 0.4) is 0 Å². The summed E-state index contributed by atoms with van der Waals surface area (Å²) in [5, 5.41) is 14.8. The molecule has 2 aromatic heterocycles. The maximum atomic E-state index is 12.3. The number of rotatable bonds is 5. The topological polar surface area (TPSA) is 141 Å². The second-order valence-corrected chi connectivity index (χ2v) is 10.6. The number of nitrogens with zero attached hydrogens (tertiary/aromatic N) is 4. The van der Waals surface area contributed by atoms with Crippen LogP contribution in [0, 0.1) is 23.7 Å². The highest BCUT2D eigenvalue weighted by Crippen LogP contribution is 2.53. The highest BCUT2D eigenvalue weighted by molar-refractivity contribution is 5.84. The van der Waals surface area contributed by atoms with E-state index in [-0.39, 0.29) is 29.4 Å². The molecular formula is C27H34N6O4. The van der Waals surface area contributed by atoms with Crippen LogP contribution < -0.4 is 11.1 Å². The number of carbonyl (C=O) groups is 1. The van der Waals surface area contributed by atoms with Crippen LogP contribution in [0.2, 0.25) is 0 Å². The van der Waals surface area contributed by atoms with Crippen LogP contribution in [0.1, 0.15) is 77.0 Å². The normalized spacial score (nSPS) is 26.1. The number of amides is 1. The standard InChI is InChI=1S/C27H34N6O4/c1-2-29-25(34)19-15-20-27(36-19,37-20)33-16-30-22-23(28)31-21(32-24(22)33)13-14-26(35,17-9-5-3-6-10-17)18-11-7-4-8-12-18/h15-19,35H,2-12H2,1H3,(H,29,34)(H2,28,31,32)/t19-,27-/m0/s1. The highest BCUT2D eigenvalue weighted by Gasteiger charge is 2.64. The number of nitrogens with one attached hydrogen (secondary N) is 1. The van der Waals surface area contributed by atoms with Gasteiger partial charge in [-0.1, -0.05) is 44.4 Å². The van der Waals surface area contributed by atoms with Crippen molar-refractivity contribution in [3.63, 3.8) is 0 Å². The Kier molecular flexibility index (Phi) is 6.08. The monoisotopic (exact) mass is 506 g/mol. The third-order valence-corrected chi connectivity index (χ3v) is 8.29. The van der Waals surface area contributed by atoms with Crippen molar-refractivity contribution in [3.05, 3.63) is 24.0 Å². The second-order valence-electron chi connectivity index (χ2n) is 10.6. The first-order valence-corrected chi connectivity index (χ1v) is 13.6. The Morgan fingerprint density at radius 2 is 1.86 bits per heavy atom. The van der Waals surface area contributed by atoms with Crippen molar-refractivity contribution in [2.24, 2.45) is 11.8 Å². The molecule has 3 fully saturated rings. The van der Waals surface area contributed by atoms with Gasteiger partial charge in [-0.25, -0.2) is 19.5 Å². The summed E-state index contributed by atoms with van der Waals surface area (Å²) in [6, 6.07) is 0. The van der Waals surface area contributed by atoms with E-state index >= 15 is 0 Å². The molecule has 2 aliphatic heterocycles. The van der Waals surface area contributed by atoms with Gasteiger partial charge in [-0.2, -0.15) is 0 Å². The summed E-state index contributed by atoms with van der Waals surface area (Å²) in [7, 11) is 0. The average molecular weight is 507 g/mol. The van der Waals surface area contributed by atoms with Crippen LogP contribution in [0.25, 0.3) is 11.2 Å². The summed E-state index contributed by atoms with van der Waals surface area (Å²) >= 11 is 0. The Labute approximate surface area is 216 Å². The smallest absolute Gasteiger partial charge is 0.364 e. The lowest BCUT2D eigenvalue weighted by atomic mass is 9.66. The van der Waals surface area contributed by atoms with E-state index < -0.39 is 17.6 Å². The minimum Gasteiger partial charge on any atom is -0.433 e. The molecule has 10 nitrogen and oxygen atoms in total. The van der Waals surface area contributed by atoms with Gasteiger partial charge in [0.1, 0.15) is 11.9 Å². The number of fused-ring (bicyclic) bond motifs is 2. The zero-order chi connectivity index (χ0) is 25.6. The molecule has 4 N–H and O–H groups in total. The first-order chi connectivity index (χ1) is 17.9. The van der Waals surface area contributed by atoms with Crippen molar-refractivity contribution in [3.8, 4) is 11.8 Å². The van der Waals surface area contributed by atoms with Crippen molar-refractivity contribution >= 4 is 22.9 Å². The average Bonchev–Trinajstić information content (AvgIpc) is 3.24. The summed E-state index contributed by atoms with van der Waals surface area (Å²) in [5.74, 6) is 6.09. The Hall–Kier alpha value is -3.16. The summed E-state index contributed by atoms with van der Waals surface area (Å²) < 4.78 is 13.3. The van der Waals surface area contributed by atoms with Crippen molar-refractivity contribution in [2.75, 3.05) is 12.3 Å². The van der Waals surface area contributed by atoms with Gasteiger partial charge in [-0.05, 0) is 50.4 Å². The number of nitrogen functional groups attached to an aromatic ring is 1. The van der Waals surface area contributed by atoms with Crippen molar-refractivity contribution < 1.29 is 19.4 Å². The lowest BCUT2D eigenvalue weighted by Gasteiger charge is -2.42. The number of aromatic nitrogens is 4. The summed E-state index contributed by atoms with van der Waals surface area (Å²) in [5.41, 5.74) is 5.99. The zero-order valence-electron chi connectivity index (χ0n) is 21.2. The lowest BCUT2D eigenvalue weighted by Crippen LogP contribution is -2.45. The van der Waals surface area contributed by atoms with Gasteiger partial charge in [0.2, 0.25) is 5.82 Å². The van der Waals surface area contributed by atoms with Crippen LogP contribution in [-0.4, -0.2) is 48.8 Å². The minimum absolute atomic E-state index is 0.160. The van der Waals surface area contributed by atoms with Gasteiger partial charge in [-0.15, -0.1) is 0 Å². The fourth-order valence-corrected chi connectivity index (χ4v) is 6.29. The molecule has 0 unspecified atom stereocenters. The van der Waals surface area contributed by atoms with Gasteiger partial charge in [-0.3, -0.25) is 9.53 Å². The molecule has 2 aromatic rings. The number of ether oxygens (including phenoxy) is 2. The van der Waals surface area contributed by atoms with E-state index in [0.29, 0.717) is 23.5 Å². The molecule has 4 heterocycles. The number of likely N-dealkylation sites (N-methyl/N-ethyl adjacent to an activating group) is 1. The van der Waals surface area contributed by atoms with Gasteiger partial charge in [0, 0.05) is 12.6 Å². The van der Waals surface area contributed by atoms with Gasteiger partial charge in [0.15, 0.2) is 28.8 Å². The highest BCUT2D eigenvalue weighted by atomic mass is 16.8. The molecule has 0 bridgehead atoms. The predicted octanol–water partition coefficient (Wildman–Crippen LogP) is 2.71. The van der Waals surface area contributed by atoms with Gasteiger partial charge < -0.3 is 20.9 Å². The molecule has 0 spiro atoms. The van der Waals surface area contributed by atoms with Crippen LogP contribution in [0.4, 0.5) is 5.82 Å². The molecule has 196 valence electrons. The van der Waals surface area contributed by atoms with Crippen molar-refractivity contribution in [1.82, 2.24) is 24.8 Å². The number of nitrogens with two attached hydrogens (primary N) is 1. The third-order valence-electron chi connectivity index (χ3n) is 8.29. The summed E-state index contributed by atoms with van der Waals surface area (Å²) in [4.78, 5) is 25.7. The van der Waals surface area contributed by atoms with Crippen LogP contribution >= 0.6 is 0 Å². The fourth-order valence-electron chi connectivity index (χ4n) is 6.29. The molecule has 1 saturated heterocycles. The van der Waals surface area contributed by atoms with E-state index in [1.165, 1.54) is 19.2 Å². The van der Waals surface area contributed by atoms with Gasteiger partial charge in [0.05, 0.1) is 0 Å². The van der Waals surface area contributed by atoms with Crippen molar-refractivity contribution in [1.29, 1.82) is 0 Å². The number of carbonyl (C=O) groups excluding carboxylic acids is 1. The van der Waals surface area contributed by atoms with Crippen LogP contribution in [0.5, 0.6) is 0 Å². The number of aliphatic hydroxyl groups is 1. The maximum Gasteiger partial charge on any atom is 0.364 e. The first-order valence-electron chi connectivity index (χ1n) is 13.6. The van der Waals surface area contributed by atoms with E-state index in [0.717, 1.165) is 51.4 Å². The molecule has 10 heteroatoms. The lowest BCUT2D eigenvalue weighted by molar-refractivity contribution is -0.153. The molecule has 6 rings (SSSR count). The van der Waals surface area contributed by atoms with Crippen LogP contribution in [-0.2, 0) is 20.2 Å². The molecule has 0 aromatic carbocycles. The van der Waals surface area contributed by atoms with Crippen LogP contribution in [0.15, 0.2) is 18.2 Å². The molecule has 2 aliphatic carbocycles. The van der Waals surface area contributed by atoms with E-state index in [9.17, 15) is 9.90 Å². The molecule has 4 aliphatic rings. The molecular weight excluding hydrogens is 472 g/mol. The van der Waals surface area contributed by atoms with E-state index in [4.69, 9.17) is 15.2 Å². The number of hydrogen-bond acceptors (Lipinski definition) is 8. The quantitative estimate of drug-likeness (QED) is 0.415. The predicted molar refractivity (Wildman–Crippen MR) is 135 cm³/mol. The molecule has 1 amide bonds. The van der Waals surface area contributed by atoms with Gasteiger partial charge >= 0.3 is 5.91 Å². The van der Waals surface area contributed by atoms with Crippen molar-refractivity contribution in [2.45, 2.75) is 88.7 Å². The number of hydrogen-bond donors (Lipinski definition) is 3. The third kappa shape index (κ3) is 4.14. The fraction of sp³-hybridized carbons (Fsp3) is 0.630. The second kappa shape index (κ2) is 9.30. The first kappa shape index (κ1) is 24.2. The maximum absolute atomic E-state index is 12.3. The molecule has 37 heavy (non-hydrogen) atoms. The molecule has 0 radical (unpaired) electrons. The number of imidazole rings is 1. The number of anilines is 1. The minimum atomic E-state index is -1.26.